The zero-order chi connectivity index (χ0) is 18.5. The number of aromatic amines is 1. The van der Waals surface area contributed by atoms with Crippen LogP contribution in [0.5, 0.6) is 0 Å². The van der Waals surface area contributed by atoms with E-state index in [4.69, 9.17) is 19.9 Å². The van der Waals surface area contributed by atoms with Gasteiger partial charge < -0.3 is 25.1 Å². The lowest BCUT2D eigenvalue weighted by Crippen LogP contribution is -2.30. The first-order valence-corrected chi connectivity index (χ1v) is 8.50. The molecule has 10 heteroatoms. The Morgan fingerprint density at radius 2 is 1.96 bits per heavy atom. The number of nitrogen functional groups attached to an aromatic ring is 1. The van der Waals surface area contributed by atoms with Gasteiger partial charge in [-0.15, -0.1) is 0 Å². The molecule has 0 bridgehead atoms. The van der Waals surface area contributed by atoms with E-state index in [-0.39, 0.29) is 23.7 Å². The molecule has 27 heavy (non-hydrogen) atoms. The van der Waals surface area contributed by atoms with Gasteiger partial charge in [-0.3, -0.25) is 14.3 Å². The number of aromatic nitrogens is 4. The van der Waals surface area contributed by atoms with Crippen molar-refractivity contribution in [3.63, 3.8) is 0 Å². The number of benzene rings is 1. The van der Waals surface area contributed by atoms with Crippen LogP contribution in [0.3, 0.4) is 0 Å². The topological polar surface area (TPSA) is 138 Å². The van der Waals surface area contributed by atoms with Crippen molar-refractivity contribution in [2.24, 2.45) is 0 Å². The Bertz CT molecular complexity index is 1040. The van der Waals surface area contributed by atoms with Gasteiger partial charge in [-0.05, 0) is 0 Å². The van der Waals surface area contributed by atoms with E-state index in [0.29, 0.717) is 0 Å². The van der Waals surface area contributed by atoms with Gasteiger partial charge in [0.1, 0.15) is 18.3 Å². The lowest BCUT2D eigenvalue weighted by molar-refractivity contribution is -0.153. The van der Waals surface area contributed by atoms with Crippen LogP contribution in [0, 0.1) is 0 Å². The lowest BCUT2D eigenvalue weighted by atomic mass is 10.1. The van der Waals surface area contributed by atoms with E-state index < -0.39 is 36.4 Å². The summed E-state index contributed by atoms with van der Waals surface area (Å²) in [5.41, 5.74) is 6.53. The highest BCUT2D eigenvalue weighted by atomic mass is 16.8. The van der Waals surface area contributed by atoms with Gasteiger partial charge in [-0.2, -0.15) is 4.98 Å². The van der Waals surface area contributed by atoms with Gasteiger partial charge in [0.15, 0.2) is 23.7 Å². The second kappa shape index (κ2) is 6.13. The number of nitrogens with zero attached hydrogens (tertiary/aromatic N) is 3. The molecule has 10 nitrogen and oxygen atoms in total. The van der Waals surface area contributed by atoms with Crippen LogP contribution in [0.15, 0.2) is 41.5 Å². The Morgan fingerprint density at radius 3 is 2.74 bits per heavy atom. The number of rotatable bonds is 3. The molecule has 0 spiro atoms. The number of hydrogen-bond acceptors (Lipinski definition) is 8. The van der Waals surface area contributed by atoms with Crippen molar-refractivity contribution in [1.29, 1.82) is 0 Å². The van der Waals surface area contributed by atoms with Gasteiger partial charge in [-0.25, -0.2) is 4.98 Å². The molecule has 5 rings (SSSR count). The Morgan fingerprint density at radius 1 is 1.19 bits per heavy atom. The van der Waals surface area contributed by atoms with Crippen LogP contribution in [0.4, 0.5) is 5.95 Å². The summed E-state index contributed by atoms with van der Waals surface area (Å²) in [4.78, 5) is 22.7. The number of hydrogen-bond donors (Lipinski definition) is 3. The SMILES string of the molecule is Nc1nc2c(ncn2[C@@H]2O[C@H](CO)C3OC(c4ccccc4)OC32)c(=O)[nH]1. The summed E-state index contributed by atoms with van der Waals surface area (Å²) in [6, 6.07) is 9.52. The fraction of sp³-hybridized carbons (Fsp3) is 0.353. The number of nitrogens with one attached hydrogen (secondary N) is 1. The molecule has 1 aromatic carbocycles. The average Bonchev–Trinajstić information content (AvgIpc) is 3.35. The van der Waals surface area contributed by atoms with E-state index in [0.717, 1.165) is 5.56 Å². The molecule has 140 valence electrons. The average molecular weight is 371 g/mol. The van der Waals surface area contributed by atoms with Gasteiger partial charge >= 0.3 is 0 Å². The molecule has 0 radical (unpaired) electrons. The predicted molar refractivity (Wildman–Crippen MR) is 92.5 cm³/mol. The fourth-order valence-corrected chi connectivity index (χ4v) is 3.60. The number of aliphatic hydroxyl groups excluding tert-OH is 1. The summed E-state index contributed by atoms with van der Waals surface area (Å²) in [5.74, 6) is -0.0201. The van der Waals surface area contributed by atoms with Crippen LogP contribution in [-0.4, -0.2) is 49.5 Å². The largest absolute Gasteiger partial charge is 0.394 e. The Kier molecular flexibility index (Phi) is 3.72. The van der Waals surface area contributed by atoms with Gasteiger partial charge in [0.05, 0.1) is 12.9 Å². The molecule has 4 heterocycles. The maximum atomic E-state index is 12.0. The first-order chi connectivity index (χ1) is 13.2. The van der Waals surface area contributed by atoms with Crippen molar-refractivity contribution in [2.75, 3.05) is 12.3 Å². The zero-order valence-electron chi connectivity index (χ0n) is 14.1. The molecule has 2 saturated heterocycles. The summed E-state index contributed by atoms with van der Waals surface area (Å²) in [7, 11) is 0. The standard InChI is InChI=1S/C17H17N5O5/c18-17-20-13-10(14(24)21-17)19-7-22(13)15-12-11(9(6-23)25-15)26-16(27-12)8-4-2-1-3-5-8/h1-5,7,9,11-12,15-16,23H,6H2,(H3,18,20,21,24)/t9-,11?,12?,15-,16?/m1/s1. The summed E-state index contributed by atoms with van der Waals surface area (Å²) in [6.45, 7) is -0.231. The molecular formula is C17H17N5O5. The normalized spacial score (nSPS) is 30.0. The zero-order valence-corrected chi connectivity index (χ0v) is 14.1. The molecule has 0 amide bonds. The van der Waals surface area contributed by atoms with Gasteiger partial charge in [0.25, 0.3) is 5.56 Å². The number of imidazole rings is 1. The first-order valence-electron chi connectivity index (χ1n) is 8.50. The maximum Gasteiger partial charge on any atom is 0.280 e. The quantitative estimate of drug-likeness (QED) is 0.588. The third-order valence-corrected chi connectivity index (χ3v) is 4.82. The van der Waals surface area contributed by atoms with E-state index in [1.54, 1.807) is 4.57 Å². The highest BCUT2D eigenvalue weighted by Gasteiger charge is 2.53. The summed E-state index contributed by atoms with van der Waals surface area (Å²) < 4.78 is 19.6. The third kappa shape index (κ3) is 2.53. The smallest absolute Gasteiger partial charge is 0.280 e. The molecule has 2 aliphatic heterocycles. The van der Waals surface area contributed by atoms with E-state index in [9.17, 15) is 9.90 Å². The monoisotopic (exact) mass is 371 g/mol. The molecule has 0 saturated carbocycles. The van der Waals surface area contributed by atoms with Crippen molar-refractivity contribution >= 4 is 17.1 Å². The molecule has 3 unspecified atom stereocenters. The molecule has 4 N–H and O–H groups in total. The van der Waals surface area contributed by atoms with Crippen molar-refractivity contribution in [2.45, 2.75) is 30.8 Å². The van der Waals surface area contributed by atoms with E-state index in [2.05, 4.69) is 15.0 Å². The van der Waals surface area contributed by atoms with Crippen LogP contribution < -0.4 is 11.3 Å². The van der Waals surface area contributed by atoms with Crippen molar-refractivity contribution in [3.8, 4) is 0 Å². The molecule has 2 fully saturated rings. The minimum absolute atomic E-state index is 0.0201. The van der Waals surface area contributed by atoms with Crippen LogP contribution in [0.1, 0.15) is 18.1 Å². The molecule has 0 aliphatic carbocycles. The van der Waals surface area contributed by atoms with Crippen LogP contribution in [-0.2, 0) is 14.2 Å². The van der Waals surface area contributed by atoms with Gasteiger partial charge in [0, 0.05) is 5.56 Å². The number of aliphatic hydroxyl groups is 1. The minimum Gasteiger partial charge on any atom is -0.394 e. The van der Waals surface area contributed by atoms with Crippen LogP contribution in [0.25, 0.3) is 11.2 Å². The molecular weight excluding hydrogens is 354 g/mol. The Hall–Kier alpha value is -2.79. The third-order valence-electron chi connectivity index (χ3n) is 4.82. The highest BCUT2D eigenvalue weighted by molar-refractivity contribution is 5.70. The minimum atomic E-state index is -0.667. The molecule has 2 aromatic heterocycles. The molecule has 2 aliphatic rings. The predicted octanol–water partition coefficient (Wildman–Crippen LogP) is 0.0743. The van der Waals surface area contributed by atoms with Crippen molar-refractivity contribution in [3.05, 3.63) is 52.6 Å². The number of fused-ring (bicyclic) bond motifs is 2. The molecule has 3 aromatic rings. The van der Waals surface area contributed by atoms with Crippen LogP contribution in [0.2, 0.25) is 0 Å². The number of ether oxygens (including phenoxy) is 3. The van der Waals surface area contributed by atoms with E-state index in [1.165, 1.54) is 6.33 Å². The van der Waals surface area contributed by atoms with Gasteiger partial charge in [-0.1, -0.05) is 30.3 Å². The lowest BCUT2D eigenvalue weighted by Gasteiger charge is -2.20. The second-order valence-corrected chi connectivity index (χ2v) is 6.47. The van der Waals surface area contributed by atoms with Crippen molar-refractivity contribution < 1.29 is 19.3 Å². The van der Waals surface area contributed by atoms with Crippen molar-refractivity contribution in [1.82, 2.24) is 19.5 Å². The second-order valence-electron chi connectivity index (χ2n) is 6.47. The number of anilines is 1. The highest BCUT2D eigenvalue weighted by Crippen LogP contribution is 2.44. The number of nitrogens with two attached hydrogens (primary N) is 1. The van der Waals surface area contributed by atoms with E-state index >= 15 is 0 Å². The Balaban J connectivity index is 1.53. The summed E-state index contributed by atoms with van der Waals surface area (Å²) >= 11 is 0. The summed E-state index contributed by atoms with van der Waals surface area (Å²) in [5, 5.41) is 9.71. The van der Waals surface area contributed by atoms with Crippen LogP contribution >= 0.6 is 0 Å². The Labute approximate surface area is 152 Å². The van der Waals surface area contributed by atoms with Gasteiger partial charge in [0.2, 0.25) is 5.95 Å². The summed E-state index contributed by atoms with van der Waals surface area (Å²) in [6.07, 6.45) is -1.34. The maximum absolute atomic E-state index is 12.0. The first kappa shape index (κ1) is 16.4. The molecule has 5 atom stereocenters. The number of H-pyrrole nitrogens is 1. The fourth-order valence-electron chi connectivity index (χ4n) is 3.60. The van der Waals surface area contributed by atoms with E-state index in [1.807, 2.05) is 30.3 Å².